The SMILES string of the molecule is c1ccc(-c2nc(-c3ccccc3)nc(-n3c4ccccc4c4ccc5c(c6cc7c(cc6n5-c5ccccc5)oc5ccccc57)c43)n2)cc1. The molecule has 4 heterocycles. The number of nitrogens with zero attached hydrogens (tertiary/aromatic N) is 5. The molecular formula is C45H27N5O. The fourth-order valence-electron chi connectivity index (χ4n) is 7.73. The Bertz CT molecular complexity index is 3060. The predicted octanol–water partition coefficient (Wildman–Crippen LogP) is 11.3. The Hall–Kier alpha value is -7.05. The molecule has 0 bridgehead atoms. The number of furan rings is 1. The first kappa shape index (κ1) is 27.9. The molecule has 0 amide bonds. The van der Waals surface area contributed by atoms with Crippen LogP contribution in [0.1, 0.15) is 0 Å². The van der Waals surface area contributed by atoms with Gasteiger partial charge in [-0.05, 0) is 36.4 Å². The van der Waals surface area contributed by atoms with Gasteiger partial charge in [0, 0.05) is 55.2 Å². The molecule has 0 aliphatic carbocycles. The molecule has 6 nitrogen and oxygen atoms in total. The van der Waals surface area contributed by atoms with E-state index in [1.54, 1.807) is 0 Å². The third-order valence-electron chi connectivity index (χ3n) is 9.96. The summed E-state index contributed by atoms with van der Waals surface area (Å²) >= 11 is 0. The number of para-hydroxylation sites is 3. The summed E-state index contributed by atoms with van der Waals surface area (Å²) in [6, 6.07) is 56.6. The first-order chi connectivity index (χ1) is 25.3. The highest BCUT2D eigenvalue weighted by molar-refractivity contribution is 6.28. The highest BCUT2D eigenvalue weighted by atomic mass is 16.3. The Morgan fingerprint density at radius 3 is 1.75 bits per heavy atom. The lowest BCUT2D eigenvalue weighted by Crippen LogP contribution is -2.06. The van der Waals surface area contributed by atoms with Crippen molar-refractivity contribution in [3.8, 4) is 34.4 Å². The largest absolute Gasteiger partial charge is 0.456 e. The van der Waals surface area contributed by atoms with Crippen LogP contribution in [-0.4, -0.2) is 24.1 Å². The average Bonchev–Trinajstić information content (AvgIpc) is 3.85. The van der Waals surface area contributed by atoms with Crippen LogP contribution in [0.15, 0.2) is 168 Å². The minimum Gasteiger partial charge on any atom is -0.456 e. The second kappa shape index (κ2) is 10.7. The Morgan fingerprint density at radius 1 is 0.392 bits per heavy atom. The quantitative estimate of drug-likeness (QED) is 0.190. The van der Waals surface area contributed by atoms with Gasteiger partial charge in [0.25, 0.3) is 0 Å². The van der Waals surface area contributed by atoms with Gasteiger partial charge in [-0.2, -0.15) is 9.97 Å². The van der Waals surface area contributed by atoms with Crippen molar-refractivity contribution < 1.29 is 4.42 Å². The zero-order valence-corrected chi connectivity index (χ0v) is 27.2. The van der Waals surface area contributed by atoms with E-state index in [9.17, 15) is 0 Å². The number of rotatable bonds is 4. The van der Waals surface area contributed by atoms with Crippen molar-refractivity contribution in [3.63, 3.8) is 0 Å². The van der Waals surface area contributed by atoms with Crippen LogP contribution in [0.4, 0.5) is 0 Å². The van der Waals surface area contributed by atoms with E-state index < -0.39 is 0 Å². The molecule has 238 valence electrons. The Labute approximate surface area is 291 Å². The normalized spacial score (nSPS) is 11.9. The lowest BCUT2D eigenvalue weighted by Gasteiger charge is -2.11. The Morgan fingerprint density at radius 2 is 1.02 bits per heavy atom. The second-order valence-electron chi connectivity index (χ2n) is 12.9. The van der Waals surface area contributed by atoms with Crippen molar-refractivity contribution >= 4 is 65.6 Å². The van der Waals surface area contributed by atoms with Crippen molar-refractivity contribution in [2.45, 2.75) is 0 Å². The molecule has 0 aliphatic heterocycles. The standard InChI is InChI=1S/C45H27N5O/c1-4-14-28(15-5-1)43-46-44(29-16-6-2-7-17-29)48-45(47-43)50-36-22-12-10-20-31(36)33-24-25-37-41(42(33)50)35-26-34-32-21-11-13-23-39(32)51-40(34)27-38(35)49(37)30-18-8-3-9-19-30/h1-27H. The van der Waals surface area contributed by atoms with E-state index in [0.29, 0.717) is 17.6 Å². The smallest absolute Gasteiger partial charge is 0.238 e. The fraction of sp³-hybridized carbons (Fsp3) is 0. The Kier molecular flexibility index (Phi) is 5.86. The van der Waals surface area contributed by atoms with Crippen molar-refractivity contribution in [1.82, 2.24) is 24.1 Å². The van der Waals surface area contributed by atoms with Crippen molar-refractivity contribution in [1.29, 1.82) is 0 Å². The number of aromatic nitrogens is 5. The molecule has 0 unspecified atom stereocenters. The molecule has 0 saturated carbocycles. The lowest BCUT2D eigenvalue weighted by atomic mass is 10.1. The molecule has 4 aromatic heterocycles. The maximum Gasteiger partial charge on any atom is 0.238 e. The summed E-state index contributed by atoms with van der Waals surface area (Å²) in [6.45, 7) is 0. The van der Waals surface area contributed by atoms with E-state index in [1.165, 1.54) is 0 Å². The van der Waals surface area contributed by atoms with Crippen LogP contribution in [-0.2, 0) is 0 Å². The zero-order valence-electron chi connectivity index (χ0n) is 27.2. The van der Waals surface area contributed by atoms with Gasteiger partial charge in [-0.15, -0.1) is 0 Å². The van der Waals surface area contributed by atoms with Gasteiger partial charge in [0.1, 0.15) is 11.2 Å². The van der Waals surface area contributed by atoms with E-state index in [2.05, 4.69) is 100 Å². The van der Waals surface area contributed by atoms with Crippen LogP contribution < -0.4 is 0 Å². The summed E-state index contributed by atoms with van der Waals surface area (Å²) in [6.07, 6.45) is 0. The third kappa shape index (κ3) is 4.14. The number of hydrogen-bond donors (Lipinski definition) is 0. The highest BCUT2D eigenvalue weighted by Crippen LogP contribution is 2.44. The molecule has 7 aromatic carbocycles. The van der Waals surface area contributed by atoms with Crippen LogP contribution in [0.2, 0.25) is 0 Å². The number of hydrogen-bond acceptors (Lipinski definition) is 4. The molecule has 0 saturated heterocycles. The minimum absolute atomic E-state index is 0.567. The topological polar surface area (TPSA) is 61.7 Å². The number of benzene rings is 7. The van der Waals surface area contributed by atoms with Gasteiger partial charge in [-0.25, -0.2) is 4.98 Å². The zero-order chi connectivity index (χ0) is 33.5. The first-order valence-electron chi connectivity index (χ1n) is 17.0. The fourth-order valence-corrected chi connectivity index (χ4v) is 7.73. The summed E-state index contributed by atoms with van der Waals surface area (Å²) in [5.41, 5.74) is 8.90. The van der Waals surface area contributed by atoms with E-state index in [0.717, 1.165) is 82.4 Å². The van der Waals surface area contributed by atoms with Crippen LogP contribution in [0, 0.1) is 0 Å². The van der Waals surface area contributed by atoms with Gasteiger partial charge in [0.05, 0.1) is 22.1 Å². The van der Waals surface area contributed by atoms with E-state index >= 15 is 0 Å². The molecule has 51 heavy (non-hydrogen) atoms. The molecule has 0 fully saturated rings. The maximum atomic E-state index is 6.44. The van der Waals surface area contributed by atoms with Crippen LogP contribution in [0.5, 0.6) is 0 Å². The predicted molar refractivity (Wildman–Crippen MR) is 207 cm³/mol. The van der Waals surface area contributed by atoms with E-state index in [-0.39, 0.29) is 0 Å². The molecule has 6 heteroatoms. The van der Waals surface area contributed by atoms with E-state index in [1.807, 2.05) is 72.8 Å². The molecule has 0 spiro atoms. The van der Waals surface area contributed by atoms with Gasteiger partial charge in [0.2, 0.25) is 5.95 Å². The average molecular weight is 654 g/mol. The van der Waals surface area contributed by atoms with Crippen LogP contribution >= 0.6 is 0 Å². The van der Waals surface area contributed by atoms with Crippen molar-refractivity contribution in [2.24, 2.45) is 0 Å². The summed E-state index contributed by atoms with van der Waals surface area (Å²) in [5, 5.41) is 6.70. The maximum absolute atomic E-state index is 6.44. The minimum atomic E-state index is 0.567. The monoisotopic (exact) mass is 653 g/mol. The summed E-state index contributed by atoms with van der Waals surface area (Å²) in [7, 11) is 0. The molecule has 11 rings (SSSR count). The second-order valence-corrected chi connectivity index (χ2v) is 12.9. The molecule has 0 atom stereocenters. The van der Waals surface area contributed by atoms with Gasteiger partial charge < -0.3 is 8.98 Å². The summed E-state index contributed by atoms with van der Waals surface area (Å²) in [4.78, 5) is 15.5. The van der Waals surface area contributed by atoms with Crippen LogP contribution in [0.25, 0.3) is 100.0 Å². The van der Waals surface area contributed by atoms with Crippen molar-refractivity contribution in [3.05, 3.63) is 164 Å². The van der Waals surface area contributed by atoms with Gasteiger partial charge in [0.15, 0.2) is 11.6 Å². The third-order valence-corrected chi connectivity index (χ3v) is 9.96. The molecule has 0 aliphatic rings. The van der Waals surface area contributed by atoms with Gasteiger partial charge in [-0.1, -0.05) is 121 Å². The molecule has 0 radical (unpaired) electrons. The summed E-state index contributed by atoms with van der Waals surface area (Å²) < 4.78 is 11.0. The van der Waals surface area contributed by atoms with E-state index in [4.69, 9.17) is 19.4 Å². The summed E-state index contributed by atoms with van der Waals surface area (Å²) in [5.74, 6) is 1.81. The molecular weight excluding hydrogens is 627 g/mol. The van der Waals surface area contributed by atoms with Gasteiger partial charge >= 0.3 is 0 Å². The highest BCUT2D eigenvalue weighted by Gasteiger charge is 2.24. The molecule has 0 N–H and O–H groups in total. The Balaban J connectivity index is 1.34. The lowest BCUT2D eigenvalue weighted by molar-refractivity contribution is 0.669. The van der Waals surface area contributed by atoms with Crippen molar-refractivity contribution in [2.75, 3.05) is 0 Å². The molecule has 11 aromatic rings. The van der Waals surface area contributed by atoms with Gasteiger partial charge in [-0.3, -0.25) is 4.57 Å². The number of fused-ring (bicyclic) bond motifs is 10. The first-order valence-corrected chi connectivity index (χ1v) is 17.0. The van der Waals surface area contributed by atoms with Crippen LogP contribution in [0.3, 0.4) is 0 Å².